The van der Waals surface area contributed by atoms with Crippen molar-refractivity contribution in [3.63, 3.8) is 0 Å². The molecule has 3 aromatic rings. The zero-order valence-electron chi connectivity index (χ0n) is 21.8. The lowest BCUT2D eigenvalue weighted by atomic mass is 9.54. The molecule has 9 heteroatoms. The number of alkyl halides is 2. The lowest BCUT2D eigenvalue weighted by Crippen LogP contribution is -2.57. The molecule has 1 saturated heterocycles. The van der Waals surface area contributed by atoms with Gasteiger partial charge in [0.1, 0.15) is 16.3 Å². The molecule has 0 saturated carbocycles. The van der Waals surface area contributed by atoms with Crippen LogP contribution in [0.25, 0.3) is 0 Å². The zero-order valence-corrected chi connectivity index (χ0v) is 23.3. The number of hydrogen-bond acceptors (Lipinski definition) is 5. The third-order valence-corrected chi connectivity index (χ3v) is 9.22. The molecule has 0 spiro atoms. The van der Waals surface area contributed by atoms with Crippen LogP contribution in [-0.4, -0.2) is 41.7 Å². The second kappa shape index (κ2) is 9.46. The highest BCUT2D eigenvalue weighted by Gasteiger charge is 2.73. The van der Waals surface area contributed by atoms with Crippen LogP contribution >= 0.6 is 23.2 Å². The summed E-state index contributed by atoms with van der Waals surface area (Å²) in [7, 11) is 0. The first kappa shape index (κ1) is 26.5. The van der Waals surface area contributed by atoms with Gasteiger partial charge in [-0.3, -0.25) is 19.3 Å². The van der Waals surface area contributed by atoms with Gasteiger partial charge in [0.05, 0.1) is 24.0 Å². The summed E-state index contributed by atoms with van der Waals surface area (Å²) in [5.74, 6) is -3.80. The van der Waals surface area contributed by atoms with E-state index in [1.807, 2.05) is 62.4 Å². The van der Waals surface area contributed by atoms with E-state index in [0.717, 1.165) is 4.90 Å². The number of rotatable bonds is 6. The monoisotopic (exact) mass is 576 g/mol. The molecule has 40 heavy (non-hydrogen) atoms. The molecule has 7 nitrogen and oxygen atoms in total. The van der Waals surface area contributed by atoms with Gasteiger partial charge in [-0.1, -0.05) is 62.4 Å². The summed E-state index contributed by atoms with van der Waals surface area (Å²) in [6, 6.07) is 20.9. The largest absolute Gasteiger partial charge is 0.462 e. The van der Waals surface area contributed by atoms with Crippen LogP contribution in [0.15, 0.2) is 72.8 Å². The van der Waals surface area contributed by atoms with E-state index in [2.05, 4.69) is 5.32 Å². The number of amides is 3. The number of benzene rings is 3. The Bertz CT molecular complexity index is 1450. The van der Waals surface area contributed by atoms with Crippen molar-refractivity contribution in [3.05, 3.63) is 101 Å². The molecule has 1 N–H and O–H groups in total. The van der Waals surface area contributed by atoms with Crippen LogP contribution in [0.2, 0.25) is 0 Å². The quantitative estimate of drug-likeness (QED) is 0.252. The van der Waals surface area contributed by atoms with Gasteiger partial charge in [-0.25, -0.2) is 4.79 Å². The van der Waals surface area contributed by atoms with Gasteiger partial charge in [0, 0.05) is 5.69 Å². The van der Waals surface area contributed by atoms with Crippen LogP contribution in [0.4, 0.5) is 5.69 Å². The van der Waals surface area contributed by atoms with E-state index in [9.17, 15) is 19.2 Å². The van der Waals surface area contributed by atoms with Crippen LogP contribution in [0.5, 0.6) is 0 Å². The van der Waals surface area contributed by atoms with E-state index in [0.29, 0.717) is 40.1 Å². The van der Waals surface area contributed by atoms with E-state index in [4.69, 9.17) is 27.9 Å². The third kappa shape index (κ3) is 3.71. The summed E-state index contributed by atoms with van der Waals surface area (Å²) < 4.78 is 5.23. The number of carbonyl (C=O) groups is 4. The van der Waals surface area contributed by atoms with Crippen molar-refractivity contribution in [2.45, 2.75) is 23.6 Å². The number of hydrogen-bond donors (Lipinski definition) is 1. The van der Waals surface area contributed by atoms with E-state index in [1.54, 1.807) is 24.3 Å². The Morgan fingerprint density at radius 1 is 0.825 bits per heavy atom. The fourth-order valence-corrected chi connectivity index (χ4v) is 7.34. The molecule has 3 aliphatic carbocycles. The molecule has 3 amide bonds. The van der Waals surface area contributed by atoms with Gasteiger partial charge in [0.15, 0.2) is 0 Å². The molecule has 3 aromatic carbocycles. The Kier molecular flexibility index (Phi) is 6.28. The number of nitrogens with one attached hydrogen (secondary N) is 1. The van der Waals surface area contributed by atoms with Gasteiger partial charge in [-0.2, -0.15) is 0 Å². The molecule has 2 atom stereocenters. The molecule has 7 rings (SSSR count). The number of halogens is 2. The highest BCUT2D eigenvalue weighted by molar-refractivity contribution is 6.36. The Balaban J connectivity index is 1.25. The average molecular weight is 577 g/mol. The predicted molar refractivity (Wildman–Crippen MR) is 150 cm³/mol. The maximum atomic E-state index is 13.9. The fourth-order valence-electron chi connectivity index (χ4n) is 6.24. The molecule has 1 aliphatic heterocycles. The molecular formula is C31H26Cl2N2O5. The van der Waals surface area contributed by atoms with E-state index >= 15 is 0 Å². The third-order valence-electron chi connectivity index (χ3n) is 7.93. The van der Waals surface area contributed by atoms with Crippen LogP contribution in [0.1, 0.15) is 46.5 Å². The summed E-state index contributed by atoms with van der Waals surface area (Å²) in [6.45, 7) is 3.70. The Morgan fingerprint density at radius 3 is 1.70 bits per heavy atom. The second-order valence-electron chi connectivity index (χ2n) is 10.9. The number of ether oxygens (including phenoxy) is 1. The maximum absolute atomic E-state index is 13.9. The summed E-state index contributed by atoms with van der Waals surface area (Å²) in [5.41, 5.74) is 3.56. The first-order valence-corrected chi connectivity index (χ1v) is 13.8. The molecule has 0 radical (unpaired) electrons. The highest BCUT2D eigenvalue weighted by atomic mass is 35.5. The average Bonchev–Trinajstić information content (AvgIpc) is 3.21. The van der Waals surface area contributed by atoms with Gasteiger partial charge in [0.2, 0.25) is 17.7 Å². The second-order valence-corrected chi connectivity index (χ2v) is 12.0. The molecule has 1 fully saturated rings. The number of nitrogens with zero attached hydrogens (tertiary/aromatic N) is 1. The molecule has 1 heterocycles. The summed E-state index contributed by atoms with van der Waals surface area (Å²) in [4.78, 5) is 51.3. The lowest BCUT2D eigenvalue weighted by molar-refractivity contribution is -0.142. The number of imide groups is 1. The highest BCUT2D eigenvalue weighted by Crippen LogP contribution is 2.69. The van der Waals surface area contributed by atoms with Crippen LogP contribution in [0, 0.1) is 17.8 Å². The van der Waals surface area contributed by atoms with Crippen molar-refractivity contribution < 1.29 is 23.9 Å². The summed E-state index contributed by atoms with van der Waals surface area (Å²) >= 11 is 14.8. The molecule has 0 unspecified atom stereocenters. The van der Waals surface area contributed by atoms with Gasteiger partial charge >= 0.3 is 5.97 Å². The smallest absolute Gasteiger partial charge is 0.338 e. The SMILES string of the molecule is CC(C)COC(=O)c1ccc(NC(=O)CN2C(=O)[C@@H]3[C@@H](C2=O)C2(Cl)c4ccccc4C3(Cl)c3ccccc32)cc1. The van der Waals surface area contributed by atoms with E-state index in [-0.39, 0.29) is 5.92 Å². The van der Waals surface area contributed by atoms with Crippen molar-refractivity contribution in [2.75, 3.05) is 18.5 Å². The van der Waals surface area contributed by atoms with Crippen molar-refractivity contribution in [2.24, 2.45) is 17.8 Å². The van der Waals surface area contributed by atoms with Crippen molar-refractivity contribution in [3.8, 4) is 0 Å². The van der Waals surface area contributed by atoms with Crippen molar-refractivity contribution >= 4 is 52.6 Å². The van der Waals surface area contributed by atoms with Crippen LogP contribution < -0.4 is 5.32 Å². The van der Waals surface area contributed by atoms with E-state index in [1.165, 1.54) is 0 Å². The van der Waals surface area contributed by atoms with Crippen molar-refractivity contribution in [1.29, 1.82) is 0 Å². The fraction of sp³-hybridized carbons (Fsp3) is 0.290. The van der Waals surface area contributed by atoms with Crippen molar-refractivity contribution in [1.82, 2.24) is 4.90 Å². The first-order chi connectivity index (χ1) is 19.1. The maximum Gasteiger partial charge on any atom is 0.338 e. The minimum atomic E-state index is -1.30. The van der Waals surface area contributed by atoms with Crippen LogP contribution in [-0.2, 0) is 28.9 Å². The topological polar surface area (TPSA) is 92.8 Å². The van der Waals surface area contributed by atoms with Gasteiger partial charge in [-0.15, -0.1) is 23.2 Å². The van der Waals surface area contributed by atoms with Gasteiger partial charge in [-0.05, 0) is 52.4 Å². The number of likely N-dealkylation sites (tertiary alicyclic amines) is 1. The normalized spacial score (nSPS) is 25.9. The Hall–Kier alpha value is -3.68. The molecule has 4 aliphatic rings. The van der Waals surface area contributed by atoms with Gasteiger partial charge < -0.3 is 10.1 Å². The molecule has 204 valence electrons. The number of carbonyl (C=O) groups excluding carboxylic acids is 4. The predicted octanol–water partition coefficient (Wildman–Crippen LogP) is 5.03. The minimum absolute atomic E-state index is 0.211. The summed E-state index contributed by atoms with van der Waals surface area (Å²) in [5, 5.41) is 2.70. The standard InChI is InChI=1S/C31H26Cl2N2O5/c1-17(2)16-40-29(39)18-11-13-19(14-12-18)34-24(36)15-35-27(37)25-26(28(35)38)31(33)21-8-4-3-7-20(21)30(25,32)22-9-5-6-10-23(22)31/h3-14,17,25-26H,15-16H2,1-2H3,(H,34,36)/t25-,26-,30?,31?/m0/s1. The van der Waals surface area contributed by atoms with Crippen LogP contribution in [0.3, 0.4) is 0 Å². The summed E-state index contributed by atoms with van der Waals surface area (Å²) in [6.07, 6.45) is 0. The number of anilines is 1. The molecule has 0 aromatic heterocycles. The zero-order chi connectivity index (χ0) is 28.4. The Morgan fingerprint density at radius 2 is 1.27 bits per heavy atom. The number of esters is 1. The molecular weight excluding hydrogens is 551 g/mol. The lowest BCUT2D eigenvalue weighted by Gasteiger charge is -2.54. The van der Waals surface area contributed by atoms with Gasteiger partial charge in [0.25, 0.3) is 0 Å². The first-order valence-electron chi connectivity index (χ1n) is 13.1. The minimum Gasteiger partial charge on any atom is -0.462 e. The van der Waals surface area contributed by atoms with E-state index < -0.39 is 51.8 Å². The molecule has 2 bridgehead atoms. The Labute approximate surface area is 241 Å².